The Morgan fingerprint density at radius 1 is 1.34 bits per heavy atom. The summed E-state index contributed by atoms with van der Waals surface area (Å²) in [6, 6.07) is 5.14. The number of alkyl halides is 1. The summed E-state index contributed by atoms with van der Waals surface area (Å²) >= 11 is 5.90. The van der Waals surface area contributed by atoms with Crippen molar-refractivity contribution in [1.82, 2.24) is 14.9 Å². The van der Waals surface area contributed by atoms with E-state index in [4.69, 9.17) is 16.3 Å². The number of rotatable bonds is 5. The van der Waals surface area contributed by atoms with Crippen LogP contribution < -0.4 is 0 Å². The minimum atomic E-state index is -1.85. The zero-order chi connectivity index (χ0) is 22.0. The van der Waals surface area contributed by atoms with Gasteiger partial charge in [0.25, 0.3) is 5.91 Å². The molecule has 162 valence electrons. The first kappa shape index (κ1) is 23.3. The van der Waals surface area contributed by atoms with Crippen molar-refractivity contribution in [2.45, 2.75) is 51.0 Å². The third-order valence-corrected chi connectivity index (χ3v) is 4.59. The summed E-state index contributed by atoms with van der Waals surface area (Å²) < 4.78 is 35.4. The molecule has 2 atom stereocenters. The molecule has 1 fully saturated rings. The van der Waals surface area contributed by atoms with E-state index < -0.39 is 29.3 Å². The molecule has 29 heavy (non-hydrogen) atoms. The maximum atomic E-state index is 15.4. The summed E-state index contributed by atoms with van der Waals surface area (Å²) in [5, 5.41) is 0.406. The normalized spacial score (nSPS) is 22.1. The zero-order valence-corrected chi connectivity index (χ0v) is 18.2. The number of carbonyl (C=O) groups excluding carboxylic acids is 2. The average Bonchev–Trinajstić information content (AvgIpc) is 2.89. The van der Waals surface area contributed by atoms with Gasteiger partial charge in [0.1, 0.15) is 17.3 Å². The number of halogens is 3. The van der Waals surface area contributed by atoms with Crippen molar-refractivity contribution >= 4 is 23.6 Å². The molecule has 0 unspecified atom stereocenters. The highest BCUT2D eigenvalue weighted by Crippen LogP contribution is 2.34. The third kappa shape index (κ3) is 6.54. The lowest BCUT2D eigenvalue weighted by Crippen LogP contribution is -2.47. The number of hydrogen-bond acceptors (Lipinski definition) is 4. The first-order valence-corrected chi connectivity index (χ1v) is 9.72. The second-order valence-electron chi connectivity index (χ2n) is 8.71. The fourth-order valence-corrected chi connectivity index (χ4v) is 3.60. The van der Waals surface area contributed by atoms with Gasteiger partial charge >= 0.3 is 6.09 Å². The van der Waals surface area contributed by atoms with Gasteiger partial charge in [-0.1, -0.05) is 28.2 Å². The highest BCUT2D eigenvalue weighted by Gasteiger charge is 2.51. The molecule has 0 bridgehead atoms. The van der Waals surface area contributed by atoms with Crippen LogP contribution in [0.3, 0.4) is 0 Å². The van der Waals surface area contributed by atoms with Crippen molar-refractivity contribution in [3.05, 3.63) is 34.9 Å². The largest absolute Gasteiger partial charge is 0.444 e. The highest BCUT2D eigenvalue weighted by molar-refractivity contribution is 6.30. The molecule has 1 aliphatic heterocycles. The molecule has 0 saturated carbocycles. The lowest BCUT2D eigenvalue weighted by Gasteiger charge is -2.29. The van der Waals surface area contributed by atoms with Gasteiger partial charge in [0.05, 0.1) is 13.1 Å². The molecule has 9 heteroatoms. The smallest absolute Gasteiger partial charge is 0.411 e. The van der Waals surface area contributed by atoms with Crippen LogP contribution in [0, 0.1) is 0 Å². The van der Waals surface area contributed by atoms with Crippen LogP contribution in [0.1, 0.15) is 32.8 Å². The van der Waals surface area contributed by atoms with E-state index >= 15 is 4.39 Å². The number of likely N-dealkylation sites (tertiary alicyclic amines) is 1. The maximum Gasteiger partial charge on any atom is 0.411 e. The number of hydrogen-bond donors (Lipinski definition) is 0. The molecule has 0 aliphatic carbocycles. The molecule has 1 aliphatic rings. The molecule has 1 saturated heterocycles. The van der Waals surface area contributed by atoms with E-state index in [1.807, 2.05) is 0 Å². The Morgan fingerprint density at radius 3 is 2.55 bits per heavy atom. The van der Waals surface area contributed by atoms with E-state index in [1.165, 1.54) is 6.07 Å². The number of benzene rings is 1. The lowest BCUT2D eigenvalue weighted by atomic mass is 10.0. The van der Waals surface area contributed by atoms with Gasteiger partial charge in [0.2, 0.25) is 0 Å². The second-order valence-corrected chi connectivity index (χ2v) is 9.14. The lowest BCUT2D eigenvalue weighted by molar-refractivity contribution is -0.153. The van der Waals surface area contributed by atoms with Gasteiger partial charge in [-0.2, -0.15) is 5.12 Å². The standard InChI is InChI=1S/C20H28ClF2N3O3/c1-19(2,3)29-18(28)25-13-20(22,12-24(4)5)10-16(25)17(27)26(23)11-14-7-6-8-15(21)9-14/h6-9,16H,10-13H2,1-5H3/t16-,20-/m0/s1. The Bertz CT molecular complexity index is 757. The molecule has 2 rings (SSSR count). The first-order chi connectivity index (χ1) is 13.3. The van der Waals surface area contributed by atoms with E-state index in [9.17, 15) is 14.1 Å². The monoisotopic (exact) mass is 431 g/mol. The van der Waals surface area contributed by atoms with Gasteiger partial charge in [0.15, 0.2) is 0 Å². The molecule has 0 spiro atoms. The molecule has 1 heterocycles. The molecule has 0 radical (unpaired) electrons. The predicted molar refractivity (Wildman–Crippen MR) is 107 cm³/mol. The van der Waals surface area contributed by atoms with E-state index in [2.05, 4.69) is 0 Å². The van der Waals surface area contributed by atoms with Crippen molar-refractivity contribution in [2.75, 3.05) is 27.2 Å². The molecular weight excluding hydrogens is 404 g/mol. The van der Waals surface area contributed by atoms with Gasteiger partial charge in [-0.25, -0.2) is 9.18 Å². The minimum Gasteiger partial charge on any atom is -0.444 e. The number of ether oxygens (including phenoxy) is 1. The third-order valence-electron chi connectivity index (χ3n) is 4.35. The van der Waals surface area contributed by atoms with Crippen LogP contribution in [0.25, 0.3) is 0 Å². The fourth-order valence-electron chi connectivity index (χ4n) is 3.39. The Kier molecular flexibility index (Phi) is 7.11. The molecule has 2 amide bonds. The zero-order valence-electron chi connectivity index (χ0n) is 17.4. The maximum absolute atomic E-state index is 15.4. The predicted octanol–water partition coefficient (Wildman–Crippen LogP) is 3.83. The summed E-state index contributed by atoms with van der Waals surface area (Å²) in [6.45, 7) is 4.30. The first-order valence-electron chi connectivity index (χ1n) is 9.34. The SMILES string of the molecule is CN(C)C[C@@]1(F)C[C@@H](C(=O)N(F)Cc2cccc(Cl)c2)N(C(=O)OC(C)(C)C)C1. The Labute approximate surface area is 175 Å². The topological polar surface area (TPSA) is 53.1 Å². The van der Waals surface area contributed by atoms with E-state index in [0.717, 1.165) is 4.90 Å². The van der Waals surface area contributed by atoms with Crippen LogP contribution in [0.4, 0.5) is 13.7 Å². The Balaban J connectivity index is 2.21. The molecule has 0 aromatic heterocycles. The van der Waals surface area contributed by atoms with Crippen molar-refractivity contribution in [3.63, 3.8) is 0 Å². The molecule has 6 nitrogen and oxygen atoms in total. The average molecular weight is 432 g/mol. The highest BCUT2D eigenvalue weighted by atomic mass is 35.5. The van der Waals surface area contributed by atoms with Crippen molar-refractivity contribution < 1.29 is 23.2 Å². The van der Waals surface area contributed by atoms with Gasteiger partial charge in [-0.15, -0.1) is 0 Å². The number of nitrogens with zero attached hydrogens (tertiary/aromatic N) is 3. The summed E-state index contributed by atoms with van der Waals surface area (Å²) in [5.41, 5.74) is -2.20. The van der Waals surface area contributed by atoms with Crippen LogP contribution >= 0.6 is 11.6 Å². The summed E-state index contributed by atoms with van der Waals surface area (Å²) in [7, 11) is 3.38. The molecule has 1 aromatic rings. The second kappa shape index (κ2) is 8.83. The van der Waals surface area contributed by atoms with Crippen molar-refractivity contribution in [3.8, 4) is 0 Å². The molecule has 0 N–H and O–H groups in total. The van der Waals surface area contributed by atoms with E-state index in [0.29, 0.717) is 10.6 Å². The van der Waals surface area contributed by atoms with Crippen LogP contribution in [-0.2, 0) is 16.1 Å². The van der Waals surface area contributed by atoms with Crippen LogP contribution in [-0.4, -0.2) is 71.4 Å². The molecule has 1 aromatic carbocycles. The summed E-state index contributed by atoms with van der Waals surface area (Å²) in [5.74, 6) is -0.992. The number of amides is 2. The molecular formula is C20H28ClF2N3O3. The van der Waals surface area contributed by atoms with Crippen molar-refractivity contribution in [1.29, 1.82) is 0 Å². The summed E-state index contributed by atoms with van der Waals surface area (Å²) in [6.07, 6.45) is -1.15. The van der Waals surface area contributed by atoms with E-state index in [1.54, 1.807) is 58.0 Å². The van der Waals surface area contributed by atoms with Gasteiger partial charge in [0, 0.05) is 18.0 Å². The Morgan fingerprint density at radius 2 is 2.00 bits per heavy atom. The quantitative estimate of drug-likeness (QED) is 0.665. The van der Waals surface area contributed by atoms with Crippen molar-refractivity contribution in [2.24, 2.45) is 0 Å². The number of carbonyl (C=O) groups is 2. The van der Waals surface area contributed by atoms with Gasteiger partial charge < -0.3 is 9.64 Å². The summed E-state index contributed by atoms with van der Waals surface area (Å²) in [4.78, 5) is 28.0. The van der Waals surface area contributed by atoms with E-state index in [-0.39, 0.29) is 31.2 Å². The van der Waals surface area contributed by atoms with Crippen LogP contribution in [0.2, 0.25) is 5.02 Å². The Hall–Kier alpha value is -1.93. The van der Waals surface area contributed by atoms with Crippen LogP contribution in [0.15, 0.2) is 24.3 Å². The minimum absolute atomic E-state index is 0.00332. The van der Waals surface area contributed by atoms with Crippen LogP contribution in [0.5, 0.6) is 0 Å². The van der Waals surface area contributed by atoms with Gasteiger partial charge in [-0.05, 0) is 52.6 Å². The van der Waals surface area contributed by atoms with Gasteiger partial charge in [-0.3, -0.25) is 9.69 Å². The fraction of sp³-hybridized carbons (Fsp3) is 0.600.